The molecule has 0 radical (unpaired) electrons. The minimum absolute atomic E-state index is 0.199. The molecule has 1 aromatic carbocycles. The molecule has 2 heteroatoms. The van der Waals surface area contributed by atoms with E-state index < -0.39 is 0 Å². The van der Waals surface area contributed by atoms with E-state index in [2.05, 4.69) is 18.2 Å². The fourth-order valence-corrected chi connectivity index (χ4v) is 2.86. The lowest BCUT2D eigenvalue weighted by Crippen LogP contribution is -2.04. The van der Waals surface area contributed by atoms with Crippen LogP contribution in [0.5, 0.6) is 5.75 Å². The topological polar surface area (TPSA) is 21.8 Å². The lowest BCUT2D eigenvalue weighted by atomic mass is 9.98. The van der Waals surface area contributed by atoms with Crippen molar-refractivity contribution in [1.82, 2.24) is 0 Å². The molecule has 1 spiro atoms. The van der Waals surface area contributed by atoms with Crippen molar-refractivity contribution in [3.63, 3.8) is 0 Å². The largest absolute Gasteiger partial charge is 0.494 e. The Morgan fingerprint density at radius 2 is 2.19 bits per heavy atom. The van der Waals surface area contributed by atoms with Crippen LogP contribution in [0.2, 0.25) is 0 Å². The predicted octanol–water partition coefficient (Wildman–Crippen LogP) is 3.47. The van der Waals surface area contributed by atoms with E-state index in [0.29, 0.717) is 6.10 Å². The van der Waals surface area contributed by atoms with Crippen LogP contribution in [-0.2, 0) is 4.74 Å². The van der Waals surface area contributed by atoms with Crippen LogP contribution in [-0.4, -0.2) is 12.2 Å². The molecular formula is C14H18O2. The first-order chi connectivity index (χ1) is 7.84. The number of ether oxygens (including phenoxy) is 2. The lowest BCUT2D eigenvalue weighted by molar-refractivity contribution is 0.297. The summed E-state index contributed by atoms with van der Waals surface area (Å²) in [7, 11) is 0. The number of hydrogen-bond acceptors (Lipinski definition) is 2. The maximum Gasteiger partial charge on any atom is 0.119 e. The summed E-state index contributed by atoms with van der Waals surface area (Å²) in [6.45, 7) is 2.73. The molecule has 1 unspecified atom stereocenters. The highest BCUT2D eigenvalue weighted by molar-refractivity contribution is 5.34. The van der Waals surface area contributed by atoms with Gasteiger partial charge in [-0.25, -0.2) is 0 Å². The second-order valence-electron chi connectivity index (χ2n) is 4.78. The summed E-state index contributed by atoms with van der Waals surface area (Å²) in [6.07, 6.45) is 5.44. The first-order valence-corrected chi connectivity index (χ1v) is 6.25. The highest BCUT2D eigenvalue weighted by Gasteiger charge is 2.57. The van der Waals surface area contributed by atoms with Gasteiger partial charge in [-0.15, -0.1) is 0 Å². The Bertz CT molecular complexity index is 380. The molecule has 0 N–H and O–H groups in total. The van der Waals surface area contributed by atoms with Crippen LogP contribution in [0.15, 0.2) is 24.3 Å². The van der Waals surface area contributed by atoms with E-state index in [1.165, 1.54) is 31.2 Å². The summed E-state index contributed by atoms with van der Waals surface area (Å²) in [5.74, 6) is 0.962. The molecule has 1 heterocycles. The molecule has 2 nitrogen and oxygen atoms in total. The zero-order valence-electron chi connectivity index (χ0n) is 9.74. The molecule has 0 aromatic heterocycles. The Kier molecular flexibility index (Phi) is 2.40. The zero-order valence-corrected chi connectivity index (χ0v) is 9.74. The second kappa shape index (κ2) is 3.77. The fourth-order valence-electron chi connectivity index (χ4n) is 2.86. The third-order valence-electron chi connectivity index (χ3n) is 3.69. The van der Waals surface area contributed by atoms with Crippen molar-refractivity contribution in [2.75, 3.05) is 6.61 Å². The van der Waals surface area contributed by atoms with Gasteiger partial charge in [-0.3, -0.25) is 0 Å². The molecule has 1 saturated heterocycles. The first-order valence-electron chi connectivity index (χ1n) is 6.25. The summed E-state index contributed by atoms with van der Waals surface area (Å²) < 4.78 is 11.4. The van der Waals surface area contributed by atoms with Gasteiger partial charge < -0.3 is 9.47 Å². The summed E-state index contributed by atoms with van der Waals surface area (Å²) in [5, 5.41) is 0. The minimum atomic E-state index is 0.199. The van der Waals surface area contributed by atoms with E-state index in [0.717, 1.165) is 12.4 Å². The molecule has 0 amide bonds. The molecule has 1 aromatic rings. The van der Waals surface area contributed by atoms with Gasteiger partial charge in [0.25, 0.3) is 0 Å². The van der Waals surface area contributed by atoms with Gasteiger partial charge in [-0.2, -0.15) is 0 Å². The van der Waals surface area contributed by atoms with Gasteiger partial charge in [0.05, 0.1) is 12.2 Å². The van der Waals surface area contributed by atoms with Crippen molar-refractivity contribution in [3.05, 3.63) is 29.8 Å². The van der Waals surface area contributed by atoms with Crippen molar-refractivity contribution in [2.24, 2.45) is 0 Å². The van der Waals surface area contributed by atoms with Crippen molar-refractivity contribution in [2.45, 2.75) is 44.3 Å². The molecule has 0 bridgehead atoms. The van der Waals surface area contributed by atoms with Gasteiger partial charge in [-0.1, -0.05) is 25.0 Å². The quantitative estimate of drug-likeness (QED) is 0.724. The SMILES string of the molecule is CCOc1cccc(C2OC23CCCC3)c1. The summed E-state index contributed by atoms with van der Waals surface area (Å²) in [6, 6.07) is 8.35. The standard InChI is InChI=1S/C14H18O2/c1-2-15-12-7-5-6-11(10-12)13-14(16-13)8-3-4-9-14/h5-7,10,13H,2-4,8-9H2,1H3. The van der Waals surface area contributed by atoms with Gasteiger partial charge in [0.2, 0.25) is 0 Å². The number of rotatable bonds is 3. The van der Waals surface area contributed by atoms with Crippen LogP contribution in [0.25, 0.3) is 0 Å². The molecule has 1 saturated carbocycles. The Hall–Kier alpha value is -1.02. The molecule has 86 valence electrons. The predicted molar refractivity (Wildman–Crippen MR) is 62.6 cm³/mol. The highest BCUT2D eigenvalue weighted by Crippen LogP contribution is 2.58. The van der Waals surface area contributed by atoms with E-state index in [1.807, 2.05) is 13.0 Å². The number of hydrogen-bond donors (Lipinski definition) is 0. The van der Waals surface area contributed by atoms with E-state index in [9.17, 15) is 0 Å². The van der Waals surface area contributed by atoms with Crippen LogP contribution >= 0.6 is 0 Å². The van der Waals surface area contributed by atoms with Gasteiger partial charge in [-0.05, 0) is 37.5 Å². The summed E-state index contributed by atoms with van der Waals surface area (Å²) in [5.41, 5.74) is 1.48. The third-order valence-corrected chi connectivity index (χ3v) is 3.69. The van der Waals surface area contributed by atoms with Crippen LogP contribution in [0.1, 0.15) is 44.3 Å². The van der Waals surface area contributed by atoms with Crippen molar-refractivity contribution >= 4 is 0 Å². The molecule has 1 aliphatic carbocycles. The molecule has 2 aliphatic rings. The summed E-state index contributed by atoms with van der Waals surface area (Å²) >= 11 is 0. The van der Waals surface area contributed by atoms with Gasteiger partial charge in [0, 0.05) is 0 Å². The molecule has 1 atom stereocenters. The number of epoxide rings is 1. The Labute approximate surface area is 96.6 Å². The van der Waals surface area contributed by atoms with Crippen LogP contribution in [0.4, 0.5) is 0 Å². The van der Waals surface area contributed by atoms with Crippen molar-refractivity contribution in [3.8, 4) is 5.75 Å². The fraction of sp³-hybridized carbons (Fsp3) is 0.571. The van der Waals surface area contributed by atoms with Crippen LogP contribution in [0.3, 0.4) is 0 Å². The van der Waals surface area contributed by atoms with E-state index >= 15 is 0 Å². The Morgan fingerprint density at radius 1 is 1.38 bits per heavy atom. The van der Waals surface area contributed by atoms with Crippen LogP contribution in [0, 0.1) is 0 Å². The molecule has 3 rings (SSSR count). The van der Waals surface area contributed by atoms with E-state index in [1.54, 1.807) is 0 Å². The summed E-state index contributed by atoms with van der Waals surface area (Å²) in [4.78, 5) is 0. The zero-order chi connectivity index (χ0) is 11.0. The first kappa shape index (κ1) is 10.2. The van der Waals surface area contributed by atoms with Gasteiger partial charge in [0.1, 0.15) is 11.9 Å². The highest BCUT2D eigenvalue weighted by atomic mass is 16.6. The monoisotopic (exact) mass is 218 g/mol. The van der Waals surface area contributed by atoms with E-state index in [-0.39, 0.29) is 5.60 Å². The van der Waals surface area contributed by atoms with Gasteiger partial charge >= 0.3 is 0 Å². The normalized spacial score (nSPS) is 25.9. The van der Waals surface area contributed by atoms with Crippen molar-refractivity contribution in [1.29, 1.82) is 0 Å². The molecular weight excluding hydrogens is 200 g/mol. The average molecular weight is 218 g/mol. The number of benzene rings is 1. The Morgan fingerprint density at radius 3 is 2.94 bits per heavy atom. The maximum absolute atomic E-state index is 5.93. The Balaban J connectivity index is 1.78. The molecule has 16 heavy (non-hydrogen) atoms. The molecule has 1 aliphatic heterocycles. The minimum Gasteiger partial charge on any atom is -0.494 e. The van der Waals surface area contributed by atoms with Crippen molar-refractivity contribution < 1.29 is 9.47 Å². The third kappa shape index (κ3) is 1.61. The average Bonchev–Trinajstić information content (AvgIpc) is 2.78. The lowest BCUT2D eigenvalue weighted by Gasteiger charge is -2.05. The second-order valence-corrected chi connectivity index (χ2v) is 4.78. The van der Waals surface area contributed by atoms with Gasteiger partial charge in [0.15, 0.2) is 0 Å². The smallest absolute Gasteiger partial charge is 0.119 e. The van der Waals surface area contributed by atoms with E-state index in [4.69, 9.17) is 9.47 Å². The molecule has 2 fully saturated rings. The van der Waals surface area contributed by atoms with Crippen LogP contribution < -0.4 is 4.74 Å². The maximum atomic E-state index is 5.93.